The Hall–Kier alpha value is -1.35. The summed E-state index contributed by atoms with van der Waals surface area (Å²) in [7, 11) is 1.96. The molecule has 0 amide bonds. The molecule has 0 radical (unpaired) electrons. The fourth-order valence-electron chi connectivity index (χ4n) is 2.37. The van der Waals surface area contributed by atoms with Crippen LogP contribution in [-0.4, -0.2) is 18.6 Å². The Bertz CT molecular complexity index is 460. The summed E-state index contributed by atoms with van der Waals surface area (Å²) in [4.78, 5) is 12.0. The normalized spacial score (nSPS) is 18.6. The highest BCUT2D eigenvalue weighted by Crippen LogP contribution is 2.31. The Morgan fingerprint density at radius 1 is 1.39 bits per heavy atom. The number of hydrogen-bond acceptors (Lipinski definition) is 3. The quantitative estimate of drug-likeness (QED) is 0.817. The molecule has 1 N–H and O–H groups in total. The van der Waals surface area contributed by atoms with Crippen LogP contribution in [0.25, 0.3) is 0 Å². The van der Waals surface area contributed by atoms with Crippen molar-refractivity contribution < 1.29 is 9.53 Å². The third-order valence-corrected chi connectivity index (χ3v) is 3.21. The van der Waals surface area contributed by atoms with Gasteiger partial charge in [-0.2, -0.15) is 0 Å². The molecule has 3 nitrogen and oxygen atoms in total. The molecule has 2 rings (SSSR count). The zero-order valence-electron chi connectivity index (χ0n) is 11.5. The van der Waals surface area contributed by atoms with Gasteiger partial charge in [0.15, 0.2) is 0 Å². The van der Waals surface area contributed by atoms with E-state index in [0.29, 0.717) is 11.6 Å². The summed E-state index contributed by atoms with van der Waals surface area (Å²) in [5.41, 5.74) is 2.77. The lowest BCUT2D eigenvalue weighted by Gasteiger charge is -2.20. The SMILES string of the molecule is CNC1CCc2ccc(C(=O)OC(C)(C)C)cc21. The number of hydrogen-bond donors (Lipinski definition) is 1. The maximum atomic E-state index is 12.0. The van der Waals surface area contributed by atoms with Gasteiger partial charge in [0.1, 0.15) is 5.60 Å². The first-order valence-corrected chi connectivity index (χ1v) is 6.44. The molecule has 0 aromatic heterocycles. The van der Waals surface area contributed by atoms with Gasteiger partial charge in [0.25, 0.3) is 0 Å². The zero-order chi connectivity index (χ0) is 13.3. The Morgan fingerprint density at radius 3 is 2.72 bits per heavy atom. The highest BCUT2D eigenvalue weighted by molar-refractivity contribution is 5.90. The van der Waals surface area contributed by atoms with Crippen LogP contribution in [0.1, 0.15) is 54.7 Å². The molecule has 18 heavy (non-hydrogen) atoms. The van der Waals surface area contributed by atoms with Crippen molar-refractivity contribution in [3.05, 3.63) is 34.9 Å². The highest BCUT2D eigenvalue weighted by Gasteiger charge is 2.24. The van der Waals surface area contributed by atoms with E-state index in [-0.39, 0.29) is 5.97 Å². The van der Waals surface area contributed by atoms with Crippen LogP contribution in [0.15, 0.2) is 18.2 Å². The maximum Gasteiger partial charge on any atom is 0.338 e. The predicted molar refractivity (Wildman–Crippen MR) is 71.7 cm³/mol. The lowest BCUT2D eigenvalue weighted by Crippen LogP contribution is -2.24. The molecule has 0 bridgehead atoms. The minimum atomic E-state index is -0.446. The Kier molecular flexibility index (Phi) is 3.44. The van der Waals surface area contributed by atoms with E-state index < -0.39 is 5.60 Å². The van der Waals surface area contributed by atoms with Crippen molar-refractivity contribution in [1.29, 1.82) is 0 Å². The summed E-state index contributed by atoms with van der Waals surface area (Å²) < 4.78 is 5.39. The molecule has 1 atom stereocenters. The minimum Gasteiger partial charge on any atom is -0.456 e. The Morgan fingerprint density at radius 2 is 2.11 bits per heavy atom. The highest BCUT2D eigenvalue weighted by atomic mass is 16.6. The van der Waals surface area contributed by atoms with Gasteiger partial charge in [0, 0.05) is 6.04 Å². The Labute approximate surface area is 109 Å². The molecule has 0 saturated heterocycles. The van der Waals surface area contributed by atoms with Crippen LogP contribution in [0, 0.1) is 0 Å². The molecule has 98 valence electrons. The predicted octanol–water partition coefficient (Wildman–Crippen LogP) is 2.85. The summed E-state index contributed by atoms with van der Waals surface area (Å²) in [5, 5.41) is 3.28. The van der Waals surface area contributed by atoms with E-state index in [4.69, 9.17) is 4.74 Å². The molecule has 0 spiro atoms. The lowest BCUT2D eigenvalue weighted by atomic mass is 10.0. The van der Waals surface area contributed by atoms with Crippen LogP contribution in [0.3, 0.4) is 0 Å². The van der Waals surface area contributed by atoms with E-state index in [0.717, 1.165) is 12.8 Å². The van der Waals surface area contributed by atoms with Crippen molar-refractivity contribution >= 4 is 5.97 Å². The average molecular weight is 247 g/mol. The van der Waals surface area contributed by atoms with Crippen molar-refractivity contribution in [2.75, 3.05) is 7.05 Å². The summed E-state index contributed by atoms with van der Waals surface area (Å²) in [6, 6.07) is 6.25. The van der Waals surface area contributed by atoms with Gasteiger partial charge in [-0.1, -0.05) is 6.07 Å². The lowest BCUT2D eigenvalue weighted by molar-refractivity contribution is 0.00694. The molecule has 1 unspecified atom stereocenters. The van der Waals surface area contributed by atoms with Gasteiger partial charge in [-0.3, -0.25) is 0 Å². The first kappa shape index (κ1) is 13.1. The number of carbonyl (C=O) groups is 1. The van der Waals surface area contributed by atoms with Crippen LogP contribution in [0.4, 0.5) is 0 Å². The molecule has 1 aromatic rings. The van der Waals surface area contributed by atoms with Gasteiger partial charge in [0.05, 0.1) is 5.56 Å². The van der Waals surface area contributed by atoms with E-state index in [2.05, 4.69) is 5.32 Å². The maximum absolute atomic E-state index is 12.0. The zero-order valence-corrected chi connectivity index (χ0v) is 11.5. The van der Waals surface area contributed by atoms with Crippen molar-refractivity contribution in [2.45, 2.75) is 45.3 Å². The van der Waals surface area contributed by atoms with Crippen molar-refractivity contribution in [2.24, 2.45) is 0 Å². The molecular formula is C15H21NO2. The molecule has 0 aliphatic heterocycles. The number of esters is 1. The second-order valence-electron chi connectivity index (χ2n) is 5.80. The minimum absolute atomic E-state index is 0.243. The fraction of sp³-hybridized carbons (Fsp3) is 0.533. The largest absolute Gasteiger partial charge is 0.456 e. The number of aryl methyl sites for hydroxylation is 1. The average Bonchev–Trinajstić information content (AvgIpc) is 2.68. The van der Waals surface area contributed by atoms with Crippen LogP contribution < -0.4 is 5.32 Å². The van der Waals surface area contributed by atoms with Gasteiger partial charge in [-0.15, -0.1) is 0 Å². The Balaban J connectivity index is 2.24. The summed E-state index contributed by atoms with van der Waals surface area (Å²) in [5.74, 6) is -0.243. The van der Waals surface area contributed by atoms with Crippen LogP contribution in [0.2, 0.25) is 0 Å². The van der Waals surface area contributed by atoms with Crippen molar-refractivity contribution in [3.63, 3.8) is 0 Å². The molecular weight excluding hydrogens is 226 g/mol. The van der Waals surface area contributed by atoms with E-state index in [1.54, 1.807) is 0 Å². The molecule has 0 fully saturated rings. The number of nitrogens with one attached hydrogen (secondary N) is 1. The van der Waals surface area contributed by atoms with Gasteiger partial charge in [-0.05, 0) is 63.9 Å². The smallest absolute Gasteiger partial charge is 0.338 e. The van der Waals surface area contributed by atoms with Crippen LogP contribution >= 0.6 is 0 Å². The standard InChI is InChI=1S/C15H21NO2/c1-15(2,3)18-14(17)11-6-5-10-7-8-13(16-4)12(10)9-11/h5-6,9,13,16H,7-8H2,1-4H3. The molecule has 0 saturated carbocycles. The first-order valence-electron chi connectivity index (χ1n) is 6.44. The molecule has 3 heteroatoms. The van der Waals surface area contributed by atoms with Crippen molar-refractivity contribution in [3.8, 4) is 0 Å². The third kappa shape index (κ3) is 2.72. The van der Waals surface area contributed by atoms with Crippen LogP contribution in [0.5, 0.6) is 0 Å². The molecule has 1 aliphatic rings. The third-order valence-electron chi connectivity index (χ3n) is 3.21. The van der Waals surface area contributed by atoms with Gasteiger partial charge < -0.3 is 10.1 Å². The van der Waals surface area contributed by atoms with E-state index >= 15 is 0 Å². The van der Waals surface area contributed by atoms with Gasteiger partial charge in [-0.25, -0.2) is 4.79 Å². The van der Waals surface area contributed by atoms with E-state index in [9.17, 15) is 4.79 Å². The second kappa shape index (κ2) is 4.73. The first-order chi connectivity index (χ1) is 8.40. The molecule has 1 aromatic carbocycles. The van der Waals surface area contributed by atoms with Crippen LogP contribution in [-0.2, 0) is 11.2 Å². The van der Waals surface area contributed by atoms with Crippen molar-refractivity contribution in [1.82, 2.24) is 5.32 Å². The van der Waals surface area contributed by atoms with Gasteiger partial charge in [0.2, 0.25) is 0 Å². The monoisotopic (exact) mass is 247 g/mol. The summed E-state index contributed by atoms with van der Waals surface area (Å²) in [6.45, 7) is 5.65. The summed E-state index contributed by atoms with van der Waals surface area (Å²) >= 11 is 0. The number of ether oxygens (including phenoxy) is 1. The van der Waals surface area contributed by atoms with Gasteiger partial charge >= 0.3 is 5.97 Å². The second-order valence-corrected chi connectivity index (χ2v) is 5.80. The number of benzene rings is 1. The fourth-order valence-corrected chi connectivity index (χ4v) is 2.37. The number of fused-ring (bicyclic) bond motifs is 1. The molecule has 1 aliphatic carbocycles. The molecule has 0 heterocycles. The topological polar surface area (TPSA) is 38.3 Å². The number of carbonyl (C=O) groups excluding carboxylic acids is 1. The van der Waals surface area contributed by atoms with E-state index in [1.807, 2.05) is 46.0 Å². The van der Waals surface area contributed by atoms with E-state index in [1.165, 1.54) is 11.1 Å². The number of rotatable bonds is 2. The summed E-state index contributed by atoms with van der Waals surface area (Å²) in [6.07, 6.45) is 2.18.